The summed E-state index contributed by atoms with van der Waals surface area (Å²) in [6.07, 6.45) is -1.29. The van der Waals surface area contributed by atoms with Crippen molar-refractivity contribution in [3.05, 3.63) is 42.0 Å². The van der Waals surface area contributed by atoms with Crippen molar-refractivity contribution in [2.45, 2.75) is 63.3 Å². The number of likely N-dealkylation sites (N-methyl/N-ethyl adjacent to an activating group) is 1. The number of carbonyl (C=O) groups excluding carboxylic acids is 2. The molecule has 0 fully saturated rings. The standard InChI is InChI=1S/C21H31NO6S/c1-9-27-18(23)21(14-15(2)3,22(8)19(24)28-20(5,6)7)29(25,26)17-12-10-16(4)11-13-17/h10-13H,2,9,14H2,1,3-8H3. The van der Waals surface area contributed by atoms with Crippen LogP contribution in [0.15, 0.2) is 41.3 Å². The third-order valence-electron chi connectivity index (χ3n) is 4.12. The lowest BCUT2D eigenvalue weighted by atomic mass is 10.1. The lowest BCUT2D eigenvalue weighted by Crippen LogP contribution is -2.61. The molecular formula is C21H31NO6S. The average molecular weight is 426 g/mol. The summed E-state index contributed by atoms with van der Waals surface area (Å²) in [5.74, 6) is -1.06. The van der Waals surface area contributed by atoms with Gasteiger partial charge in [-0.1, -0.05) is 29.8 Å². The number of hydrogen-bond acceptors (Lipinski definition) is 6. The number of aryl methyl sites for hydroxylation is 1. The molecule has 0 aliphatic carbocycles. The van der Waals surface area contributed by atoms with E-state index in [4.69, 9.17) is 9.47 Å². The molecule has 0 aromatic heterocycles. The highest BCUT2D eigenvalue weighted by atomic mass is 32.2. The first kappa shape index (κ1) is 24.7. The van der Waals surface area contributed by atoms with Crippen LogP contribution in [0.1, 0.15) is 46.6 Å². The molecule has 1 atom stereocenters. The molecule has 1 amide bonds. The summed E-state index contributed by atoms with van der Waals surface area (Å²) in [5.41, 5.74) is 0.359. The number of ether oxygens (including phenoxy) is 2. The molecule has 29 heavy (non-hydrogen) atoms. The monoisotopic (exact) mass is 425 g/mol. The highest BCUT2D eigenvalue weighted by molar-refractivity contribution is 7.93. The van der Waals surface area contributed by atoms with Crippen LogP contribution in [0, 0.1) is 6.92 Å². The molecule has 8 heteroatoms. The summed E-state index contributed by atoms with van der Waals surface area (Å²) < 4.78 is 38.0. The van der Waals surface area contributed by atoms with Gasteiger partial charge in [0.1, 0.15) is 5.60 Å². The number of nitrogens with zero attached hydrogens (tertiary/aromatic N) is 1. The van der Waals surface area contributed by atoms with E-state index in [-0.39, 0.29) is 17.9 Å². The Balaban J connectivity index is 3.77. The van der Waals surface area contributed by atoms with Gasteiger partial charge in [0.25, 0.3) is 4.87 Å². The highest BCUT2D eigenvalue weighted by Gasteiger charge is 2.58. The van der Waals surface area contributed by atoms with Crippen molar-refractivity contribution in [3.63, 3.8) is 0 Å². The Hall–Kier alpha value is -2.35. The molecule has 1 unspecified atom stereocenters. The van der Waals surface area contributed by atoms with Crippen molar-refractivity contribution in [2.75, 3.05) is 13.7 Å². The fourth-order valence-electron chi connectivity index (χ4n) is 2.76. The summed E-state index contributed by atoms with van der Waals surface area (Å²) in [4.78, 5) is 24.3. The molecule has 0 heterocycles. The van der Waals surface area contributed by atoms with E-state index >= 15 is 0 Å². The van der Waals surface area contributed by atoms with Gasteiger partial charge in [-0.2, -0.15) is 0 Å². The van der Waals surface area contributed by atoms with E-state index in [1.807, 2.05) is 6.92 Å². The van der Waals surface area contributed by atoms with Gasteiger partial charge in [-0.15, -0.1) is 0 Å². The van der Waals surface area contributed by atoms with E-state index < -0.39 is 32.4 Å². The van der Waals surface area contributed by atoms with Crippen LogP contribution in [0.4, 0.5) is 4.79 Å². The maximum atomic E-state index is 13.7. The summed E-state index contributed by atoms with van der Waals surface area (Å²) in [6, 6.07) is 6.05. The van der Waals surface area contributed by atoms with Gasteiger partial charge in [-0.3, -0.25) is 4.90 Å². The van der Waals surface area contributed by atoms with Crippen molar-refractivity contribution in [2.24, 2.45) is 0 Å². The molecule has 1 aromatic rings. The number of benzene rings is 1. The third-order valence-corrected chi connectivity index (χ3v) is 6.49. The van der Waals surface area contributed by atoms with Crippen LogP contribution in [-0.2, 0) is 24.1 Å². The van der Waals surface area contributed by atoms with Crippen LogP contribution in [0.2, 0.25) is 0 Å². The van der Waals surface area contributed by atoms with Gasteiger partial charge in [0.05, 0.1) is 11.5 Å². The first-order valence-corrected chi connectivity index (χ1v) is 10.8. The molecule has 0 bridgehead atoms. The number of sulfone groups is 1. The van der Waals surface area contributed by atoms with Crippen LogP contribution in [0.3, 0.4) is 0 Å². The minimum absolute atomic E-state index is 0.0532. The molecule has 0 spiro atoms. The van der Waals surface area contributed by atoms with Crippen molar-refractivity contribution < 1.29 is 27.5 Å². The number of amides is 1. The fourth-order valence-corrected chi connectivity index (χ4v) is 4.79. The van der Waals surface area contributed by atoms with Crippen molar-refractivity contribution in [1.29, 1.82) is 0 Å². The normalized spacial score (nSPS) is 13.9. The zero-order valence-electron chi connectivity index (χ0n) is 18.2. The van der Waals surface area contributed by atoms with Crippen molar-refractivity contribution in [3.8, 4) is 0 Å². The minimum atomic E-state index is -4.41. The van der Waals surface area contributed by atoms with E-state index in [0.29, 0.717) is 5.57 Å². The van der Waals surface area contributed by atoms with E-state index in [1.54, 1.807) is 46.8 Å². The largest absolute Gasteiger partial charge is 0.463 e. The predicted molar refractivity (Wildman–Crippen MR) is 111 cm³/mol. The Morgan fingerprint density at radius 2 is 1.66 bits per heavy atom. The molecule has 0 aliphatic heterocycles. The van der Waals surface area contributed by atoms with Crippen molar-refractivity contribution in [1.82, 2.24) is 4.90 Å². The second-order valence-electron chi connectivity index (χ2n) is 7.99. The van der Waals surface area contributed by atoms with Gasteiger partial charge in [0.15, 0.2) is 0 Å². The van der Waals surface area contributed by atoms with Crippen LogP contribution < -0.4 is 0 Å². The summed E-state index contributed by atoms with van der Waals surface area (Å²) in [6.45, 7) is 13.6. The van der Waals surface area contributed by atoms with Gasteiger partial charge >= 0.3 is 12.1 Å². The molecule has 0 radical (unpaired) electrons. The molecule has 1 aromatic carbocycles. The van der Waals surface area contributed by atoms with Crippen molar-refractivity contribution >= 4 is 21.9 Å². The Labute approximate surface area is 173 Å². The molecule has 0 saturated carbocycles. The second kappa shape index (κ2) is 8.98. The molecule has 162 valence electrons. The van der Waals surface area contributed by atoms with Crippen LogP contribution in [0.5, 0.6) is 0 Å². The Morgan fingerprint density at radius 3 is 2.07 bits per heavy atom. The zero-order valence-corrected chi connectivity index (χ0v) is 19.1. The molecule has 0 N–H and O–H groups in total. The predicted octanol–water partition coefficient (Wildman–Crippen LogP) is 3.86. The average Bonchev–Trinajstić information content (AvgIpc) is 2.57. The van der Waals surface area contributed by atoms with Crippen LogP contribution in [0.25, 0.3) is 0 Å². The topological polar surface area (TPSA) is 90.0 Å². The maximum Gasteiger partial charge on any atom is 0.411 e. The van der Waals surface area contributed by atoms with Crippen LogP contribution in [-0.4, -0.2) is 49.5 Å². The zero-order chi connectivity index (χ0) is 22.6. The van der Waals surface area contributed by atoms with Gasteiger partial charge in [0, 0.05) is 13.5 Å². The van der Waals surface area contributed by atoms with E-state index in [9.17, 15) is 18.0 Å². The molecule has 0 aliphatic rings. The van der Waals surface area contributed by atoms with E-state index in [2.05, 4.69) is 6.58 Å². The molecule has 1 rings (SSSR count). The van der Waals surface area contributed by atoms with Gasteiger partial charge in [-0.25, -0.2) is 18.0 Å². The molecule has 0 saturated heterocycles. The van der Waals surface area contributed by atoms with Gasteiger partial charge in [0.2, 0.25) is 9.84 Å². The number of hydrogen-bond donors (Lipinski definition) is 0. The lowest BCUT2D eigenvalue weighted by Gasteiger charge is -2.39. The second-order valence-corrected chi connectivity index (χ2v) is 10.1. The maximum absolute atomic E-state index is 13.7. The quantitative estimate of drug-likeness (QED) is 0.487. The highest BCUT2D eigenvalue weighted by Crippen LogP contribution is 2.36. The minimum Gasteiger partial charge on any atom is -0.463 e. The van der Waals surface area contributed by atoms with Crippen LogP contribution >= 0.6 is 0 Å². The number of carbonyl (C=O) groups is 2. The first-order chi connectivity index (χ1) is 13.2. The summed E-state index contributed by atoms with van der Waals surface area (Å²) in [7, 11) is -3.18. The van der Waals surface area contributed by atoms with E-state index in [1.165, 1.54) is 19.2 Å². The van der Waals surface area contributed by atoms with Gasteiger partial charge in [-0.05, 0) is 53.7 Å². The number of rotatable bonds is 7. The molecular weight excluding hydrogens is 394 g/mol. The summed E-state index contributed by atoms with van der Waals surface area (Å²) in [5, 5.41) is 0. The van der Waals surface area contributed by atoms with Gasteiger partial charge < -0.3 is 9.47 Å². The lowest BCUT2D eigenvalue weighted by molar-refractivity contribution is -0.151. The Bertz CT molecular complexity index is 867. The third kappa shape index (κ3) is 5.38. The molecule has 7 nitrogen and oxygen atoms in total. The van der Waals surface area contributed by atoms with E-state index in [0.717, 1.165) is 10.5 Å². The Morgan fingerprint density at radius 1 is 1.14 bits per heavy atom. The number of esters is 1. The fraction of sp³-hybridized carbons (Fsp3) is 0.524. The Kier molecular flexibility index (Phi) is 7.65. The smallest absolute Gasteiger partial charge is 0.411 e. The summed E-state index contributed by atoms with van der Waals surface area (Å²) >= 11 is 0. The SMILES string of the molecule is C=C(C)CC(C(=O)OCC)(N(C)C(=O)OC(C)(C)C)S(=O)(=O)c1ccc(C)cc1. The first-order valence-electron chi connectivity index (χ1n) is 9.28.